The largest absolute Gasteiger partial charge is 0.366 e. The standard InChI is InChI=1S/C20H26N6O2S/c1-4-16(27)24-14-7-5-6-13(12(14)3)23-15-9-22-18(19(21)28)20(25-15)26-17-8-11(2)10-29-17/h4,8-10,12-14H,1,5-7H2,2-3H3,(H2,21,28)(H,24,27)(H2,23,25,26)/t12-,13-,14?/m1/s1. The Kier molecular flexibility index (Phi) is 6.48. The van der Waals surface area contributed by atoms with Gasteiger partial charge in [-0.2, -0.15) is 0 Å². The molecule has 29 heavy (non-hydrogen) atoms. The Morgan fingerprint density at radius 3 is 2.76 bits per heavy atom. The van der Waals surface area contributed by atoms with Crippen molar-refractivity contribution in [3.63, 3.8) is 0 Å². The second-order valence-electron chi connectivity index (χ2n) is 7.29. The van der Waals surface area contributed by atoms with Crippen LogP contribution in [0.25, 0.3) is 0 Å². The van der Waals surface area contributed by atoms with Crippen LogP contribution in [0.1, 0.15) is 42.2 Å². The van der Waals surface area contributed by atoms with Gasteiger partial charge < -0.3 is 21.7 Å². The molecule has 3 rings (SSSR count). The van der Waals surface area contributed by atoms with E-state index in [9.17, 15) is 9.59 Å². The van der Waals surface area contributed by atoms with Gasteiger partial charge in [-0.05, 0) is 55.2 Å². The molecule has 5 N–H and O–H groups in total. The van der Waals surface area contributed by atoms with Crippen LogP contribution in [0.4, 0.5) is 16.6 Å². The molecule has 0 aromatic carbocycles. The van der Waals surface area contributed by atoms with Crippen molar-refractivity contribution in [2.75, 3.05) is 10.6 Å². The predicted octanol–water partition coefficient (Wildman–Crippen LogP) is 2.96. The number of rotatable bonds is 7. The highest BCUT2D eigenvalue weighted by Crippen LogP contribution is 2.29. The highest BCUT2D eigenvalue weighted by molar-refractivity contribution is 7.14. The van der Waals surface area contributed by atoms with Crippen LogP contribution in [0.5, 0.6) is 0 Å². The minimum absolute atomic E-state index is 0.0660. The van der Waals surface area contributed by atoms with Crippen molar-refractivity contribution < 1.29 is 9.59 Å². The number of aromatic nitrogens is 2. The van der Waals surface area contributed by atoms with E-state index in [0.717, 1.165) is 29.8 Å². The zero-order valence-corrected chi connectivity index (χ0v) is 17.4. The molecule has 154 valence electrons. The lowest BCUT2D eigenvalue weighted by atomic mass is 9.81. The molecule has 1 fully saturated rings. The maximum absolute atomic E-state index is 11.8. The number of hydrogen-bond donors (Lipinski definition) is 4. The van der Waals surface area contributed by atoms with Gasteiger partial charge >= 0.3 is 0 Å². The van der Waals surface area contributed by atoms with Gasteiger partial charge in [-0.1, -0.05) is 13.5 Å². The monoisotopic (exact) mass is 414 g/mol. The summed E-state index contributed by atoms with van der Waals surface area (Å²) in [4.78, 5) is 32.2. The fourth-order valence-electron chi connectivity index (χ4n) is 3.54. The molecule has 2 amide bonds. The van der Waals surface area contributed by atoms with Crippen molar-refractivity contribution in [3.8, 4) is 0 Å². The lowest BCUT2D eigenvalue weighted by Crippen LogP contribution is -2.48. The van der Waals surface area contributed by atoms with Crippen LogP contribution in [-0.4, -0.2) is 33.9 Å². The van der Waals surface area contributed by atoms with E-state index < -0.39 is 5.91 Å². The molecule has 2 aromatic heterocycles. The number of nitrogens with zero attached hydrogens (tertiary/aromatic N) is 2. The van der Waals surface area contributed by atoms with E-state index in [1.807, 2.05) is 18.4 Å². The van der Waals surface area contributed by atoms with Gasteiger partial charge in [0.2, 0.25) is 5.91 Å². The molecule has 9 heteroatoms. The summed E-state index contributed by atoms with van der Waals surface area (Å²) >= 11 is 1.52. The third kappa shape index (κ3) is 5.11. The Morgan fingerprint density at radius 2 is 2.10 bits per heavy atom. The second kappa shape index (κ2) is 9.04. The molecule has 2 aromatic rings. The van der Waals surface area contributed by atoms with Crippen molar-refractivity contribution in [2.24, 2.45) is 11.7 Å². The average Bonchev–Trinajstić information content (AvgIpc) is 3.09. The summed E-state index contributed by atoms with van der Waals surface area (Å²) < 4.78 is 0. The molecule has 0 radical (unpaired) electrons. The van der Waals surface area contributed by atoms with E-state index in [1.54, 1.807) is 0 Å². The Labute approximate surface area is 174 Å². The number of amides is 2. The molecular weight excluding hydrogens is 388 g/mol. The van der Waals surface area contributed by atoms with Gasteiger partial charge in [0, 0.05) is 12.1 Å². The molecule has 8 nitrogen and oxygen atoms in total. The van der Waals surface area contributed by atoms with Crippen LogP contribution in [0, 0.1) is 12.8 Å². The number of nitrogens with two attached hydrogens (primary N) is 1. The summed E-state index contributed by atoms with van der Waals surface area (Å²) in [7, 11) is 0. The maximum atomic E-state index is 11.8. The Bertz CT molecular complexity index is 912. The van der Waals surface area contributed by atoms with Gasteiger partial charge in [0.15, 0.2) is 11.5 Å². The minimum Gasteiger partial charge on any atom is -0.366 e. The van der Waals surface area contributed by atoms with Crippen LogP contribution < -0.4 is 21.7 Å². The quantitative estimate of drug-likeness (QED) is 0.517. The predicted molar refractivity (Wildman–Crippen MR) is 115 cm³/mol. The Balaban J connectivity index is 1.77. The van der Waals surface area contributed by atoms with Gasteiger partial charge in [0.1, 0.15) is 5.82 Å². The number of anilines is 3. The zero-order valence-electron chi connectivity index (χ0n) is 16.6. The number of carbonyl (C=O) groups is 2. The van der Waals surface area contributed by atoms with Gasteiger partial charge in [-0.3, -0.25) is 9.59 Å². The normalized spacial score (nSPS) is 21.2. The highest BCUT2D eigenvalue weighted by Gasteiger charge is 2.31. The molecule has 1 aliphatic rings. The summed E-state index contributed by atoms with van der Waals surface area (Å²) in [6, 6.07) is 2.15. The van der Waals surface area contributed by atoms with Crippen LogP contribution in [-0.2, 0) is 4.79 Å². The minimum atomic E-state index is -0.641. The molecule has 0 spiro atoms. The van der Waals surface area contributed by atoms with Gasteiger partial charge in [0.05, 0.1) is 11.2 Å². The third-order valence-corrected chi connectivity index (χ3v) is 6.09. The van der Waals surface area contributed by atoms with E-state index >= 15 is 0 Å². The lowest BCUT2D eigenvalue weighted by Gasteiger charge is -2.37. The van der Waals surface area contributed by atoms with E-state index in [1.165, 1.54) is 23.6 Å². The summed E-state index contributed by atoms with van der Waals surface area (Å²) in [5.74, 6) is 0.271. The highest BCUT2D eigenvalue weighted by atomic mass is 32.1. The van der Waals surface area contributed by atoms with Gasteiger partial charge in [-0.25, -0.2) is 9.97 Å². The van der Waals surface area contributed by atoms with Crippen LogP contribution >= 0.6 is 11.3 Å². The fourth-order valence-corrected chi connectivity index (χ4v) is 4.33. The first-order chi connectivity index (χ1) is 13.9. The number of hydrogen-bond acceptors (Lipinski definition) is 7. The molecule has 1 saturated carbocycles. The van der Waals surface area contributed by atoms with Crippen LogP contribution in [0.3, 0.4) is 0 Å². The first-order valence-corrected chi connectivity index (χ1v) is 10.4. The topological polar surface area (TPSA) is 122 Å². The summed E-state index contributed by atoms with van der Waals surface area (Å²) in [5.41, 5.74) is 6.67. The van der Waals surface area contributed by atoms with Crippen molar-refractivity contribution in [1.29, 1.82) is 0 Å². The molecule has 0 saturated heterocycles. The number of thiophene rings is 1. The zero-order chi connectivity index (χ0) is 21.0. The number of nitrogens with one attached hydrogen (secondary N) is 3. The molecule has 1 aliphatic carbocycles. The van der Waals surface area contributed by atoms with Crippen LogP contribution in [0.15, 0.2) is 30.3 Å². The van der Waals surface area contributed by atoms with E-state index in [2.05, 4.69) is 39.4 Å². The maximum Gasteiger partial charge on any atom is 0.271 e. The Hall–Kier alpha value is -2.94. The van der Waals surface area contributed by atoms with E-state index in [4.69, 9.17) is 5.73 Å². The molecule has 1 unspecified atom stereocenters. The van der Waals surface area contributed by atoms with Crippen molar-refractivity contribution in [1.82, 2.24) is 15.3 Å². The number of aryl methyl sites for hydroxylation is 1. The summed E-state index contributed by atoms with van der Waals surface area (Å²) in [5, 5.41) is 12.4. The van der Waals surface area contributed by atoms with E-state index in [-0.39, 0.29) is 29.6 Å². The molecule has 2 heterocycles. The molecular formula is C20H26N6O2S. The second-order valence-corrected chi connectivity index (χ2v) is 8.20. The van der Waals surface area contributed by atoms with Gasteiger partial charge in [0.25, 0.3) is 5.91 Å². The van der Waals surface area contributed by atoms with Crippen molar-refractivity contribution in [2.45, 2.75) is 45.2 Å². The van der Waals surface area contributed by atoms with Crippen molar-refractivity contribution >= 4 is 39.8 Å². The SMILES string of the molecule is C=CC(=O)NC1CCC[C@@H](Nc2cnc(C(N)=O)c(Nc3cc(C)cs3)n2)[C@H]1C. The molecule has 0 aliphatic heterocycles. The Morgan fingerprint density at radius 1 is 1.34 bits per heavy atom. The number of carbonyl (C=O) groups excluding carboxylic acids is 2. The fraction of sp³-hybridized carbons (Fsp3) is 0.400. The third-order valence-electron chi connectivity index (χ3n) is 5.12. The number of primary amides is 1. The smallest absolute Gasteiger partial charge is 0.271 e. The average molecular weight is 415 g/mol. The first kappa shape index (κ1) is 20.8. The molecule has 0 bridgehead atoms. The van der Waals surface area contributed by atoms with Crippen molar-refractivity contribution in [3.05, 3.63) is 41.6 Å². The van der Waals surface area contributed by atoms with Gasteiger partial charge in [-0.15, -0.1) is 11.3 Å². The van der Waals surface area contributed by atoms with E-state index in [0.29, 0.717) is 11.6 Å². The lowest BCUT2D eigenvalue weighted by molar-refractivity contribution is -0.117. The summed E-state index contributed by atoms with van der Waals surface area (Å²) in [6.45, 7) is 7.61. The van der Waals surface area contributed by atoms with Crippen LogP contribution in [0.2, 0.25) is 0 Å². The summed E-state index contributed by atoms with van der Waals surface area (Å²) in [6.07, 6.45) is 5.67. The molecule has 3 atom stereocenters. The first-order valence-electron chi connectivity index (χ1n) is 9.56.